The van der Waals surface area contributed by atoms with Crippen LogP contribution >= 0.6 is 0 Å². The Morgan fingerprint density at radius 1 is 1.00 bits per heavy atom. The molecule has 112 valence electrons. The SMILES string of the molecule is [N-]=[N+]=NC1CCCOC1C(c1ccccc1)c1ccccc1. The maximum Gasteiger partial charge on any atom is 0.0768 e. The van der Waals surface area contributed by atoms with E-state index in [1.807, 2.05) is 36.4 Å². The van der Waals surface area contributed by atoms with Gasteiger partial charge in [0.2, 0.25) is 0 Å². The summed E-state index contributed by atoms with van der Waals surface area (Å²) in [7, 11) is 0. The Morgan fingerprint density at radius 2 is 1.59 bits per heavy atom. The zero-order valence-corrected chi connectivity index (χ0v) is 12.4. The van der Waals surface area contributed by atoms with Crippen molar-refractivity contribution in [3.8, 4) is 0 Å². The summed E-state index contributed by atoms with van der Waals surface area (Å²) < 4.78 is 6.05. The predicted octanol–water partition coefficient (Wildman–Crippen LogP) is 4.68. The quantitative estimate of drug-likeness (QED) is 0.459. The Labute approximate surface area is 130 Å². The van der Waals surface area contributed by atoms with Crippen molar-refractivity contribution >= 4 is 0 Å². The molecule has 0 saturated carbocycles. The molecule has 0 aromatic heterocycles. The van der Waals surface area contributed by atoms with E-state index < -0.39 is 0 Å². The lowest BCUT2D eigenvalue weighted by Gasteiger charge is -2.35. The van der Waals surface area contributed by atoms with Crippen molar-refractivity contribution in [1.82, 2.24) is 0 Å². The zero-order chi connectivity index (χ0) is 15.2. The fourth-order valence-corrected chi connectivity index (χ4v) is 3.19. The summed E-state index contributed by atoms with van der Waals surface area (Å²) in [4.78, 5) is 3.02. The Balaban J connectivity index is 2.03. The number of rotatable bonds is 4. The van der Waals surface area contributed by atoms with Gasteiger partial charge in [0.05, 0.1) is 12.1 Å². The molecule has 1 heterocycles. The molecule has 0 spiro atoms. The van der Waals surface area contributed by atoms with Gasteiger partial charge in [0.1, 0.15) is 0 Å². The number of ether oxygens (including phenoxy) is 1. The number of azide groups is 1. The largest absolute Gasteiger partial charge is 0.377 e. The molecule has 1 aliphatic heterocycles. The van der Waals surface area contributed by atoms with Crippen LogP contribution in [0.5, 0.6) is 0 Å². The normalized spacial score (nSPS) is 21.3. The highest BCUT2D eigenvalue weighted by molar-refractivity contribution is 5.34. The molecule has 1 saturated heterocycles. The highest BCUT2D eigenvalue weighted by atomic mass is 16.5. The number of hydrogen-bond acceptors (Lipinski definition) is 2. The molecule has 2 aromatic rings. The van der Waals surface area contributed by atoms with Crippen molar-refractivity contribution in [2.24, 2.45) is 5.11 Å². The third-order valence-corrected chi connectivity index (χ3v) is 4.18. The summed E-state index contributed by atoms with van der Waals surface area (Å²) in [5.41, 5.74) is 11.2. The first-order valence-electron chi connectivity index (χ1n) is 7.66. The lowest BCUT2D eigenvalue weighted by molar-refractivity contribution is -0.00769. The van der Waals surface area contributed by atoms with Gasteiger partial charge in [-0.25, -0.2) is 0 Å². The molecule has 4 heteroatoms. The van der Waals surface area contributed by atoms with Gasteiger partial charge in [-0.3, -0.25) is 0 Å². The van der Waals surface area contributed by atoms with Crippen molar-refractivity contribution in [2.75, 3.05) is 6.61 Å². The predicted molar refractivity (Wildman–Crippen MR) is 86.6 cm³/mol. The van der Waals surface area contributed by atoms with E-state index in [0.29, 0.717) is 0 Å². The first kappa shape index (κ1) is 14.6. The van der Waals surface area contributed by atoms with E-state index in [2.05, 4.69) is 34.3 Å². The standard InChI is InChI=1S/C18H19N3O/c19-21-20-16-12-7-13-22-18(16)17(14-8-3-1-4-9-14)15-10-5-2-6-11-15/h1-6,8-11,16-18H,7,12-13H2. The molecule has 0 aliphatic carbocycles. The lowest BCUT2D eigenvalue weighted by Crippen LogP contribution is -2.38. The van der Waals surface area contributed by atoms with E-state index in [1.165, 1.54) is 11.1 Å². The Hall–Kier alpha value is -2.29. The molecule has 4 nitrogen and oxygen atoms in total. The Bertz CT molecular complexity index is 598. The van der Waals surface area contributed by atoms with Crippen LogP contribution in [-0.2, 0) is 4.74 Å². The van der Waals surface area contributed by atoms with Crippen molar-refractivity contribution in [1.29, 1.82) is 0 Å². The van der Waals surface area contributed by atoms with E-state index in [1.54, 1.807) is 0 Å². The minimum absolute atomic E-state index is 0.0817. The zero-order valence-electron chi connectivity index (χ0n) is 12.4. The topological polar surface area (TPSA) is 58.0 Å². The third-order valence-electron chi connectivity index (χ3n) is 4.18. The minimum Gasteiger partial charge on any atom is -0.377 e. The van der Waals surface area contributed by atoms with Gasteiger partial charge in [0.25, 0.3) is 0 Å². The van der Waals surface area contributed by atoms with Crippen LogP contribution in [0.2, 0.25) is 0 Å². The summed E-state index contributed by atoms with van der Waals surface area (Å²) in [5, 5.41) is 3.99. The third kappa shape index (κ3) is 3.14. The van der Waals surface area contributed by atoms with Crippen molar-refractivity contribution in [3.63, 3.8) is 0 Å². The number of hydrogen-bond donors (Lipinski definition) is 0. The molecule has 3 rings (SSSR count). The fourth-order valence-electron chi connectivity index (χ4n) is 3.19. The van der Waals surface area contributed by atoms with Crippen LogP contribution in [0.3, 0.4) is 0 Å². The summed E-state index contributed by atoms with van der Waals surface area (Å²) in [6.45, 7) is 0.721. The van der Waals surface area contributed by atoms with Gasteiger partial charge in [-0.2, -0.15) is 0 Å². The molecular weight excluding hydrogens is 274 g/mol. The minimum atomic E-state index is -0.121. The average Bonchev–Trinajstić information content (AvgIpc) is 2.59. The first-order chi connectivity index (χ1) is 10.9. The maximum absolute atomic E-state index is 8.86. The maximum atomic E-state index is 8.86. The van der Waals surface area contributed by atoms with Crippen LogP contribution in [-0.4, -0.2) is 18.8 Å². The summed E-state index contributed by atoms with van der Waals surface area (Å²) in [5.74, 6) is 0.0817. The molecule has 22 heavy (non-hydrogen) atoms. The second-order valence-electron chi connectivity index (χ2n) is 5.55. The Morgan fingerprint density at radius 3 is 2.14 bits per heavy atom. The van der Waals surface area contributed by atoms with E-state index in [4.69, 9.17) is 10.3 Å². The van der Waals surface area contributed by atoms with Gasteiger partial charge in [-0.05, 0) is 29.5 Å². The highest BCUT2D eigenvalue weighted by Crippen LogP contribution is 2.35. The highest BCUT2D eigenvalue weighted by Gasteiger charge is 2.34. The summed E-state index contributed by atoms with van der Waals surface area (Å²) in [6.07, 6.45) is 1.70. The van der Waals surface area contributed by atoms with Crippen LogP contribution < -0.4 is 0 Å². The number of benzene rings is 2. The van der Waals surface area contributed by atoms with Gasteiger partial charge < -0.3 is 4.74 Å². The second-order valence-corrected chi connectivity index (χ2v) is 5.55. The summed E-state index contributed by atoms with van der Waals surface area (Å²) in [6, 6.07) is 20.5. The van der Waals surface area contributed by atoms with E-state index in [0.717, 1.165) is 19.4 Å². The van der Waals surface area contributed by atoms with Crippen LogP contribution in [0.1, 0.15) is 29.9 Å². The second kappa shape index (κ2) is 7.12. The fraction of sp³-hybridized carbons (Fsp3) is 0.333. The smallest absolute Gasteiger partial charge is 0.0768 e. The van der Waals surface area contributed by atoms with Crippen LogP contribution in [0.4, 0.5) is 0 Å². The van der Waals surface area contributed by atoms with Crippen molar-refractivity contribution in [3.05, 3.63) is 82.2 Å². The molecule has 2 aromatic carbocycles. The van der Waals surface area contributed by atoms with Crippen molar-refractivity contribution < 1.29 is 4.74 Å². The number of nitrogens with zero attached hydrogens (tertiary/aromatic N) is 3. The van der Waals surface area contributed by atoms with E-state index >= 15 is 0 Å². The molecule has 2 unspecified atom stereocenters. The molecule has 2 atom stereocenters. The van der Waals surface area contributed by atoms with Gasteiger partial charge >= 0.3 is 0 Å². The lowest BCUT2D eigenvalue weighted by atomic mass is 9.81. The average molecular weight is 293 g/mol. The first-order valence-corrected chi connectivity index (χ1v) is 7.66. The molecular formula is C18H19N3O. The monoisotopic (exact) mass is 293 g/mol. The molecule has 0 amide bonds. The van der Waals surface area contributed by atoms with Gasteiger partial charge in [-0.15, -0.1) is 0 Å². The van der Waals surface area contributed by atoms with E-state index in [-0.39, 0.29) is 18.1 Å². The molecule has 0 radical (unpaired) electrons. The van der Waals surface area contributed by atoms with E-state index in [9.17, 15) is 0 Å². The van der Waals surface area contributed by atoms with Gasteiger partial charge in [0, 0.05) is 17.4 Å². The summed E-state index contributed by atoms with van der Waals surface area (Å²) >= 11 is 0. The van der Waals surface area contributed by atoms with Crippen LogP contribution in [0, 0.1) is 0 Å². The molecule has 0 N–H and O–H groups in total. The van der Waals surface area contributed by atoms with Crippen LogP contribution in [0.25, 0.3) is 10.4 Å². The van der Waals surface area contributed by atoms with Crippen LogP contribution in [0.15, 0.2) is 65.8 Å². The van der Waals surface area contributed by atoms with Gasteiger partial charge in [0.15, 0.2) is 0 Å². The molecule has 0 bridgehead atoms. The molecule has 1 fully saturated rings. The van der Waals surface area contributed by atoms with Gasteiger partial charge in [-0.1, -0.05) is 65.8 Å². The molecule has 1 aliphatic rings. The Kier molecular flexibility index (Phi) is 4.74. The van der Waals surface area contributed by atoms with Crippen molar-refractivity contribution in [2.45, 2.75) is 30.9 Å².